The number of hydrogen-bond donors (Lipinski definition) is 1. The Balaban J connectivity index is 1.60. The van der Waals surface area contributed by atoms with Crippen LogP contribution in [0.3, 0.4) is 0 Å². The van der Waals surface area contributed by atoms with E-state index in [-0.39, 0.29) is 11.5 Å². The SMILES string of the molecule is NS(=O)(=O)c1cccc(-n2cc(CCOC(=O)[C]3[CH][CH][CH][CH]3)nn2)c1. The highest BCUT2D eigenvalue weighted by atomic mass is 32.2. The molecule has 129 valence electrons. The van der Waals surface area contributed by atoms with E-state index in [0.29, 0.717) is 23.7 Å². The first-order chi connectivity index (χ1) is 11.9. The van der Waals surface area contributed by atoms with E-state index in [0.717, 1.165) is 0 Å². The van der Waals surface area contributed by atoms with Crippen molar-refractivity contribution in [3.8, 4) is 5.69 Å². The second kappa shape index (κ2) is 7.32. The van der Waals surface area contributed by atoms with Crippen molar-refractivity contribution in [1.82, 2.24) is 15.0 Å². The number of carbonyl (C=O) groups is 1. The van der Waals surface area contributed by atoms with E-state index in [1.54, 1.807) is 44.0 Å². The third-order valence-electron chi connectivity index (χ3n) is 3.44. The molecule has 0 unspecified atom stereocenters. The molecule has 0 amide bonds. The number of aromatic nitrogens is 3. The molecule has 2 N–H and O–H groups in total. The zero-order valence-electron chi connectivity index (χ0n) is 13.1. The third-order valence-corrected chi connectivity index (χ3v) is 4.35. The van der Waals surface area contributed by atoms with Crippen LogP contribution in [0.5, 0.6) is 0 Å². The highest BCUT2D eigenvalue weighted by molar-refractivity contribution is 7.89. The minimum absolute atomic E-state index is 0.00863. The van der Waals surface area contributed by atoms with Gasteiger partial charge in [0.25, 0.3) is 0 Å². The first-order valence-corrected chi connectivity index (χ1v) is 8.91. The Kier molecular flexibility index (Phi) is 5.14. The molecule has 0 bridgehead atoms. The lowest BCUT2D eigenvalue weighted by Gasteiger charge is -2.07. The van der Waals surface area contributed by atoms with Crippen molar-refractivity contribution >= 4 is 16.0 Å². The number of nitrogens with zero attached hydrogens (tertiary/aromatic N) is 3. The molecule has 0 spiro atoms. The molecule has 9 heteroatoms. The van der Waals surface area contributed by atoms with Crippen molar-refractivity contribution in [2.75, 3.05) is 6.61 Å². The van der Waals surface area contributed by atoms with Gasteiger partial charge < -0.3 is 4.74 Å². The predicted octanol–water partition coefficient (Wildman–Crippen LogP) is 0.406. The molecule has 1 fully saturated rings. The van der Waals surface area contributed by atoms with Gasteiger partial charge in [-0.1, -0.05) is 11.3 Å². The van der Waals surface area contributed by atoms with Crippen LogP contribution >= 0.6 is 0 Å². The van der Waals surface area contributed by atoms with Crippen LogP contribution in [0.4, 0.5) is 0 Å². The Morgan fingerprint density at radius 3 is 2.72 bits per heavy atom. The summed E-state index contributed by atoms with van der Waals surface area (Å²) >= 11 is 0. The van der Waals surface area contributed by atoms with Crippen molar-refractivity contribution in [2.24, 2.45) is 5.14 Å². The summed E-state index contributed by atoms with van der Waals surface area (Å²) in [5.41, 5.74) is 1.12. The monoisotopic (exact) mass is 359 g/mol. The van der Waals surface area contributed by atoms with Crippen molar-refractivity contribution in [1.29, 1.82) is 0 Å². The molecular weight excluding hydrogens is 344 g/mol. The fourth-order valence-electron chi connectivity index (χ4n) is 2.18. The molecule has 5 radical (unpaired) electrons. The van der Waals surface area contributed by atoms with Crippen molar-refractivity contribution in [3.05, 3.63) is 67.8 Å². The summed E-state index contributed by atoms with van der Waals surface area (Å²) < 4.78 is 29.4. The minimum atomic E-state index is -3.79. The average molecular weight is 359 g/mol. The first kappa shape index (κ1) is 17.6. The average Bonchev–Trinajstić information content (AvgIpc) is 3.26. The molecule has 1 heterocycles. The highest BCUT2D eigenvalue weighted by Crippen LogP contribution is 2.24. The van der Waals surface area contributed by atoms with E-state index in [4.69, 9.17) is 9.88 Å². The standard InChI is InChI=1S/C16H15N4O4S/c17-25(22,23)15-7-3-6-14(10-15)20-11-13(18-19-20)8-9-24-16(21)12-4-1-2-5-12/h1-7,10-11H,8-9H2,(H2,17,22,23). The Morgan fingerprint density at radius 2 is 2.00 bits per heavy atom. The summed E-state index contributed by atoms with van der Waals surface area (Å²) in [5, 5.41) is 13.1. The van der Waals surface area contributed by atoms with Gasteiger partial charge in [-0.25, -0.2) is 18.2 Å². The summed E-state index contributed by atoms with van der Waals surface area (Å²) in [6.45, 7) is 0.167. The summed E-state index contributed by atoms with van der Waals surface area (Å²) in [7, 11) is -3.79. The maximum atomic E-state index is 11.7. The molecule has 1 aromatic carbocycles. The van der Waals surface area contributed by atoms with Gasteiger partial charge >= 0.3 is 5.97 Å². The van der Waals surface area contributed by atoms with Crippen LogP contribution in [0, 0.1) is 31.6 Å². The smallest absolute Gasteiger partial charge is 0.313 e. The van der Waals surface area contributed by atoms with Crippen LogP contribution in [0.15, 0.2) is 35.4 Å². The third kappa shape index (κ3) is 4.43. The number of hydrogen-bond acceptors (Lipinski definition) is 6. The number of primary sulfonamides is 1. The van der Waals surface area contributed by atoms with Crippen LogP contribution in [-0.2, 0) is 26.0 Å². The quantitative estimate of drug-likeness (QED) is 0.746. The Hall–Kier alpha value is -2.26. The predicted molar refractivity (Wildman–Crippen MR) is 87.8 cm³/mol. The topological polar surface area (TPSA) is 117 Å². The molecule has 25 heavy (non-hydrogen) atoms. The van der Waals surface area contributed by atoms with E-state index in [1.165, 1.54) is 16.8 Å². The molecule has 1 saturated carbocycles. The van der Waals surface area contributed by atoms with Gasteiger partial charge in [0.2, 0.25) is 10.0 Å². The molecule has 2 aromatic rings. The van der Waals surface area contributed by atoms with Gasteiger partial charge in [-0.3, -0.25) is 4.79 Å². The molecule has 1 aliphatic carbocycles. The molecule has 3 rings (SSSR count). The first-order valence-electron chi connectivity index (χ1n) is 7.37. The molecule has 0 aliphatic heterocycles. The lowest BCUT2D eigenvalue weighted by molar-refractivity contribution is -0.140. The van der Waals surface area contributed by atoms with Gasteiger partial charge in [-0.05, 0) is 43.9 Å². The minimum Gasteiger partial charge on any atom is -0.465 e. The summed E-state index contributed by atoms with van der Waals surface area (Å²) in [6.07, 6.45) is 8.91. The number of sulfonamides is 1. The van der Waals surface area contributed by atoms with Gasteiger partial charge in [-0.2, -0.15) is 0 Å². The van der Waals surface area contributed by atoms with Gasteiger partial charge in [0.05, 0.1) is 35.0 Å². The summed E-state index contributed by atoms with van der Waals surface area (Å²) in [4.78, 5) is 11.7. The van der Waals surface area contributed by atoms with E-state index in [9.17, 15) is 13.2 Å². The van der Waals surface area contributed by atoms with Gasteiger partial charge in [0, 0.05) is 6.42 Å². The number of benzene rings is 1. The Morgan fingerprint density at radius 1 is 1.24 bits per heavy atom. The second-order valence-corrected chi connectivity index (χ2v) is 6.82. The lowest BCUT2D eigenvalue weighted by Crippen LogP contribution is -2.15. The summed E-state index contributed by atoms with van der Waals surface area (Å²) in [6, 6.07) is 6.06. The molecule has 8 nitrogen and oxygen atoms in total. The molecular formula is C16H15N4O4S. The number of carbonyl (C=O) groups excluding carboxylic acids is 1. The highest BCUT2D eigenvalue weighted by Gasteiger charge is 2.25. The van der Waals surface area contributed by atoms with E-state index >= 15 is 0 Å². The van der Waals surface area contributed by atoms with Crippen LogP contribution in [0.25, 0.3) is 5.69 Å². The van der Waals surface area contributed by atoms with Crippen molar-refractivity contribution in [3.63, 3.8) is 0 Å². The number of nitrogens with two attached hydrogens (primary N) is 1. The number of rotatable bonds is 6. The van der Waals surface area contributed by atoms with Gasteiger partial charge in [-0.15, -0.1) is 5.10 Å². The molecule has 0 atom stereocenters. The van der Waals surface area contributed by atoms with Gasteiger partial charge in [0.1, 0.15) is 0 Å². The van der Waals surface area contributed by atoms with Crippen molar-refractivity contribution < 1.29 is 17.9 Å². The Labute approximate surface area is 146 Å². The number of esters is 1. The van der Waals surface area contributed by atoms with E-state index in [1.807, 2.05) is 0 Å². The van der Waals surface area contributed by atoms with Crippen LogP contribution in [-0.4, -0.2) is 36.0 Å². The zero-order chi connectivity index (χ0) is 17.9. The van der Waals surface area contributed by atoms with Crippen LogP contribution in [0.1, 0.15) is 5.69 Å². The zero-order valence-corrected chi connectivity index (χ0v) is 13.9. The van der Waals surface area contributed by atoms with E-state index < -0.39 is 16.0 Å². The van der Waals surface area contributed by atoms with Gasteiger partial charge in [0.15, 0.2) is 0 Å². The second-order valence-electron chi connectivity index (χ2n) is 5.26. The van der Waals surface area contributed by atoms with Crippen LogP contribution in [0.2, 0.25) is 0 Å². The molecule has 1 aliphatic rings. The largest absolute Gasteiger partial charge is 0.465 e. The molecule has 1 aromatic heterocycles. The van der Waals surface area contributed by atoms with E-state index in [2.05, 4.69) is 10.3 Å². The molecule has 0 saturated heterocycles. The summed E-state index contributed by atoms with van der Waals surface area (Å²) in [5.74, 6) is 0.113. The lowest BCUT2D eigenvalue weighted by atomic mass is 10.1. The Bertz CT molecular complexity index is 857. The van der Waals surface area contributed by atoms with Crippen molar-refractivity contribution in [2.45, 2.75) is 11.3 Å². The fraction of sp³-hybridized carbons (Fsp3) is 0.125. The number of ether oxygens (including phenoxy) is 1. The maximum Gasteiger partial charge on any atom is 0.313 e. The fourth-order valence-corrected chi connectivity index (χ4v) is 2.74. The normalized spacial score (nSPS) is 15.4. The maximum absolute atomic E-state index is 11.7. The van der Waals surface area contributed by atoms with Crippen LogP contribution < -0.4 is 5.14 Å².